The molecule has 0 aliphatic heterocycles. The Balaban J connectivity index is 4.14. The summed E-state index contributed by atoms with van der Waals surface area (Å²) in [6.45, 7) is 4.65. The maximum atomic E-state index is 13.0. The van der Waals surface area contributed by atoms with Crippen molar-refractivity contribution in [3.05, 3.63) is 72.9 Å². The summed E-state index contributed by atoms with van der Waals surface area (Å²) in [4.78, 5) is 25.6. The van der Waals surface area contributed by atoms with Gasteiger partial charge in [-0.1, -0.05) is 311 Å². The number of allylic oxidation sites excluding steroid dienone is 11. The van der Waals surface area contributed by atoms with E-state index in [9.17, 15) is 19.4 Å². The molecule has 0 aromatic carbocycles. The fourth-order valence-electron chi connectivity index (χ4n) is 10.2. The molecular formula is C72H135N2O6P. The van der Waals surface area contributed by atoms with E-state index in [4.69, 9.17) is 9.05 Å². The summed E-state index contributed by atoms with van der Waals surface area (Å²) in [5.74, 6) is -0.209. The van der Waals surface area contributed by atoms with Gasteiger partial charge in [-0.3, -0.25) is 9.36 Å². The van der Waals surface area contributed by atoms with Crippen LogP contribution in [0.25, 0.3) is 0 Å². The molecule has 0 aromatic rings. The molecule has 0 bridgehead atoms. The molecule has 0 aromatic heterocycles. The van der Waals surface area contributed by atoms with E-state index in [2.05, 4.69) is 79.9 Å². The van der Waals surface area contributed by atoms with Gasteiger partial charge in [0.05, 0.1) is 39.9 Å². The molecular weight excluding hydrogens is 1020 g/mol. The molecule has 0 saturated carbocycles. The second kappa shape index (κ2) is 62.5. The summed E-state index contributed by atoms with van der Waals surface area (Å²) in [5, 5.41) is 13.9. The molecule has 1 amide bonds. The first-order valence-corrected chi connectivity index (χ1v) is 36.3. The van der Waals surface area contributed by atoms with Crippen LogP contribution < -0.4 is 10.2 Å². The number of rotatable bonds is 64. The van der Waals surface area contributed by atoms with Crippen molar-refractivity contribution in [2.75, 3.05) is 40.9 Å². The largest absolute Gasteiger partial charge is 0.756 e. The first kappa shape index (κ1) is 78.9. The van der Waals surface area contributed by atoms with Gasteiger partial charge < -0.3 is 28.8 Å². The molecule has 0 spiro atoms. The number of nitrogens with zero attached hydrogens (tertiary/aromatic N) is 1. The summed E-state index contributed by atoms with van der Waals surface area (Å²) in [6.07, 6.45) is 87.4. The molecule has 3 unspecified atom stereocenters. The van der Waals surface area contributed by atoms with Gasteiger partial charge in [-0.2, -0.15) is 0 Å². The number of quaternary nitrogens is 1. The molecule has 81 heavy (non-hydrogen) atoms. The fourth-order valence-corrected chi connectivity index (χ4v) is 10.9. The maximum Gasteiger partial charge on any atom is 0.268 e. The van der Waals surface area contributed by atoms with E-state index in [1.54, 1.807) is 6.08 Å². The molecule has 0 saturated heterocycles. The van der Waals surface area contributed by atoms with E-state index in [-0.39, 0.29) is 12.5 Å². The normalized spacial score (nSPS) is 14.1. The molecule has 0 fully saturated rings. The number of likely N-dealkylation sites (N-methyl/N-ethyl adjacent to an activating group) is 1. The number of hydrogen-bond donors (Lipinski definition) is 2. The van der Waals surface area contributed by atoms with Crippen molar-refractivity contribution in [1.29, 1.82) is 0 Å². The molecule has 474 valence electrons. The monoisotopic (exact) mass is 1160 g/mol. The Morgan fingerprint density at radius 1 is 0.432 bits per heavy atom. The van der Waals surface area contributed by atoms with Gasteiger partial charge in [0.2, 0.25) is 5.91 Å². The van der Waals surface area contributed by atoms with Crippen molar-refractivity contribution < 1.29 is 32.9 Å². The summed E-state index contributed by atoms with van der Waals surface area (Å²) < 4.78 is 23.4. The van der Waals surface area contributed by atoms with Crippen LogP contribution in [-0.4, -0.2) is 68.5 Å². The molecule has 0 aliphatic carbocycles. The Morgan fingerprint density at radius 2 is 0.728 bits per heavy atom. The smallest absolute Gasteiger partial charge is 0.268 e. The summed E-state index contributed by atoms with van der Waals surface area (Å²) in [7, 11) is 1.24. The Bertz CT molecular complexity index is 1550. The number of phosphoric ester groups is 1. The number of carbonyl (C=O) groups is 1. The predicted octanol–water partition coefficient (Wildman–Crippen LogP) is 21.5. The van der Waals surface area contributed by atoms with Crippen LogP contribution in [0.15, 0.2) is 72.9 Å². The van der Waals surface area contributed by atoms with E-state index < -0.39 is 26.6 Å². The number of phosphoric acid groups is 1. The zero-order valence-electron chi connectivity index (χ0n) is 54.2. The third-order valence-electron chi connectivity index (χ3n) is 15.6. The van der Waals surface area contributed by atoms with Gasteiger partial charge >= 0.3 is 0 Å². The predicted molar refractivity (Wildman–Crippen MR) is 353 cm³/mol. The molecule has 8 nitrogen and oxygen atoms in total. The Kier molecular flexibility index (Phi) is 60.9. The van der Waals surface area contributed by atoms with Gasteiger partial charge in [0.1, 0.15) is 13.2 Å². The number of carbonyl (C=O) groups excluding carboxylic acids is 1. The zero-order chi connectivity index (χ0) is 59.1. The minimum Gasteiger partial charge on any atom is -0.756 e. The molecule has 2 N–H and O–H groups in total. The quantitative estimate of drug-likeness (QED) is 0.0272. The molecule has 3 atom stereocenters. The van der Waals surface area contributed by atoms with Crippen LogP contribution in [-0.2, 0) is 18.4 Å². The molecule has 9 heteroatoms. The third kappa shape index (κ3) is 65.3. The number of hydrogen-bond acceptors (Lipinski definition) is 6. The van der Waals surface area contributed by atoms with Crippen molar-refractivity contribution in [3.63, 3.8) is 0 Å². The highest BCUT2D eigenvalue weighted by Gasteiger charge is 2.23. The van der Waals surface area contributed by atoms with Crippen LogP contribution in [0.2, 0.25) is 0 Å². The number of nitrogens with one attached hydrogen (secondary N) is 1. The SMILES string of the molecule is CCCCCCC/C=C\C/C=C\C/C=C\CCCCCCCCCCCCCCCCCCC(=O)NC(COP(=O)([O-])OCC[N+](C)(C)C)C(O)/C=C/CC/C=C/CC/C=C/CCCCCCCCCCCCCCCCCCCC. The first-order valence-electron chi connectivity index (χ1n) is 34.8. The average molecular weight is 1160 g/mol. The standard InChI is InChI=1S/C72H135N2O6P/c1-6-8-10-12-14-16-18-20-22-24-26-28-30-32-34-36-37-38-40-42-44-46-48-50-52-54-56-58-60-62-64-66-72(76)73-70(69-80-81(77,78)79-68-67-74(3,4)5)71(75)65-63-61-59-57-55-53-51-49-47-45-43-41-39-35-33-31-29-27-25-23-21-19-17-15-13-11-9-7-2/h18,20,24,26,30,32,47,49,55,57,63,65,70-71,75H,6-17,19,21-23,25,27-29,31,33-46,48,50-54,56,58-62,64,66-69H2,1-5H3,(H-,73,76,77,78)/b20-18-,26-24-,32-30-,49-47+,57-55+,65-63+. The Hall–Kier alpha value is -2.06. The number of unbranched alkanes of at least 4 members (excludes halogenated alkanes) is 41. The van der Waals surface area contributed by atoms with Gasteiger partial charge in [0.15, 0.2) is 0 Å². The van der Waals surface area contributed by atoms with Gasteiger partial charge in [0.25, 0.3) is 7.82 Å². The lowest BCUT2D eigenvalue weighted by Crippen LogP contribution is -2.45. The van der Waals surface area contributed by atoms with Crippen molar-refractivity contribution >= 4 is 13.7 Å². The van der Waals surface area contributed by atoms with Gasteiger partial charge in [-0.15, -0.1) is 0 Å². The molecule has 0 radical (unpaired) electrons. The Morgan fingerprint density at radius 3 is 1.09 bits per heavy atom. The number of aliphatic hydroxyl groups excluding tert-OH is 1. The van der Waals surface area contributed by atoms with Crippen molar-refractivity contribution in [2.45, 2.75) is 341 Å². The number of aliphatic hydroxyl groups is 1. The lowest BCUT2D eigenvalue weighted by Gasteiger charge is -2.29. The first-order chi connectivity index (χ1) is 39.5. The van der Waals surface area contributed by atoms with E-state index in [1.807, 2.05) is 27.2 Å². The second-order valence-corrected chi connectivity index (χ2v) is 26.3. The van der Waals surface area contributed by atoms with Gasteiger partial charge in [0, 0.05) is 6.42 Å². The molecule has 0 rings (SSSR count). The zero-order valence-corrected chi connectivity index (χ0v) is 55.1. The van der Waals surface area contributed by atoms with Gasteiger partial charge in [-0.25, -0.2) is 0 Å². The highest BCUT2D eigenvalue weighted by atomic mass is 31.2. The van der Waals surface area contributed by atoms with Crippen LogP contribution in [0, 0.1) is 0 Å². The topological polar surface area (TPSA) is 108 Å². The fraction of sp³-hybridized carbons (Fsp3) is 0.819. The average Bonchev–Trinajstić information content (AvgIpc) is 3.43. The van der Waals surface area contributed by atoms with E-state index in [0.29, 0.717) is 17.4 Å². The van der Waals surface area contributed by atoms with E-state index in [0.717, 1.165) is 57.8 Å². The second-order valence-electron chi connectivity index (χ2n) is 24.9. The molecule has 0 heterocycles. The van der Waals surface area contributed by atoms with E-state index >= 15 is 0 Å². The number of amides is 1. The van der Waals surface area contributed by atoms with Crippen LogP contribution >= 0.6 is 7.82 Å². The third-order valence-corrected chi connectivity index (χ3v) is 16.6. The molecule has 0 aliphatic rings. The van der Waals surface area contributed by atoms with Crippen LogP contribution in [0.5, 0.6) is 0 Å². The maximum absolute atomic E-state index is 13.0. The summed E-state index contributed by atoms with van der Waals surface area (Å²) in [5.41, 5.74) is 0. The van der Waals surface area contributed by atoms with Crippen molar-refractivity contribution in [1.82, 2.24) is 5.32 Å². The minimum absolute atomic E-state index is 0.0103. The van der Waals surface area contributed by atoms with E-state index in [1.165, 1.54) is 250 Å². The summed E-state index contributed by atoms with van der Waals surface area (Å²) >= 11 is 0. The van der Waals surface area contributed by atoms with Crippen LogP contribution in [0.3, 0.4) is 0 Å². The van der Waals surface area contributed by atoms with Crippen molar-refractivity contribution in [3.8, 4) is 0 Å². The van der Waals surface area contributed by atoms with Crippen molar-refractivity contribution in [2.24, 2.45) is 0 Å². The lowest BCUT2D eigenvalue weighted by molar-refractivity contribution is -0.870. The highest BCUT2D eigenvalue weighted by molar-refractivity contribution is 7.45. The van der Waals surface area contributed by atoms with Gasteiger partial charge in [-0.05, 0) is 83.5 Å². The lowest BCUT2D eigenvalue weighted by atomic mass is 10.0. The summed E-state index contributed by atoms with van der Waals surface area (Å²) in [6, 6.07) is -0.914. The van der Waals surface area contributed by atoms with Crippen LogP contribution in [0.1, 0.15) is 328 Å². The minimum atomic E-state index is -4.62. The Labute approximate surface area is 504 Å². The van der Waals surface area contributed by atoms with Crippen LogP contribution in [0.4, 0.5) is 0 Å². The highest BCUT2D eigenvalue weighted by Crippen LogP contribution is 2.38.